The predicted octanol–water partition coefficient (Wildman–Crippen LogP) is 3.28. The molecule has 0 fully saturated rings. The molecular formula is C21H24N2O4. The number of benzene rings is 2. The first-order valence-electron chi connectivity index (χ1n) is 8.93. The van der Waals surface area contributed by atoms with Gasteiger partial charge in [0.25, 0.3) is 11.8 Å². The molecule has 2 amide bonds. The van der Waals surface area contributed by atoms with Crippen molar-refractivity contribution in [1.82, 2.24) is 10.9 Å². The molecule has 0 spiro atoms. The van der Waals surface area contributed by atoms with Crippen molar-refractivity contribution in [3.8, 4) is 0 Å². The lowest BCUT2D eigenvalue weighted by molar-refractivity contribution is 0.0600. The van der Waals surface area contributed by atoms with Crippen molar-refractivity contribution in [3.05, 3.63) is 70.8 Å². The molecule has 0 aromatic heterocycles. The van der Waals surface area contributed by atoms with Crippen LogP contribution in [0.2, 0.25) is 0 Å². The van der Waals surface area contributed by atoms with E-state index in [4.69, 9.17) is 0 Å². The molecule has 0 radical (unpaired) electrons. The van der Waals surface area contributed by atoms with E-state index in [9.17, 15) is 14.4 Å². The molecule has 2 aromatic rings. The third-order valence-corrected chi connectivity index (χ3v) is 4.14. The highest BCUT2D eigenvalue weighted by molar-refractivity contribution is 5.99. The van der Waals surface area contributed by atoms with E-state index in [0.29, 0.717) is 16.7 Å². The van der Waals surface area contributed by atoms with E-state index >= 15 is 0 Å². The van der Waals surface area contributed by atoms with E-state index < -0.39 is 17.8 Å². The molecule has 27 heavy (non-hydrogen) atoms. The van der Waals surface area contributed by atoms with Gasteiger partial charge in [0.15, 0.2) is 0 Å². The monoisotopic (exact) mass is 368 g/mol. The number of aryl methyl sites for hydroxylation is 1. The van der Waals surface area contributed by atoms with Gasteiger partial charge < -0.3 is 4.74 Å². The fourth-order valence-corrected chi connectivity index (χ4v) is 2.54. The lowest BCUT2D eigenvalue weighted by Crippen LogP contribution is -2.41. The molecule has 0 aliphatic carbocycles. The summed E-state index contributed by atoms with van der Waals surface area (Å²) in [4.78, 5) is 35.6. The second kappa shape index (κ2) is 10.1. The Hall–Kier alpha value is -3.15. The smallest absolute Gasteiger partial charge is 0.337 e. The van der Waals surface area contributed by atoms with Crippen molar-refractivity contribution in [2.24, 2.45) is 0 Å². The molecule has 0 bridgehead atoms. The molecule has 6 nitrogen and oxygen atoms in total. The van der Waals surface area contributed by atoms with E-state index in [-0.39, 0.29) is 0 Å². The maximum Gasteiger partial charge on any atom is 0.337 e. The van der Waals surface area contributed by atoms with Crippen LogP contribution < -0.4 is 10.9 Å². The van der Waals surface area contributed by atoms with Gasteiger partial charge in [0, 0.05) is 11.1 Å². The summed E-state index contributed by atoms with van der Waals surface area (Å²) in [6, 6.07) is 13.3. The molecule has 0 saturated heterocycles. The Morgan fingerprint density at radius 2 is 1.26 bits per heavy atom. The van der Waals surface area contributed by atoms with Crippen molar-refractivity contribution >= 4 is 17.8 Å². The molecule has 0 heterocycles. The largest absolute Gasteiger partial charge is 0.465 e. The Morgan fingerprint density at radius 1 is 0.778 bits per heavy atom. The maximum absolute atomic E-state index is 12.1. The number of hydrogen-bond donors (Lipinski definition) is 2. The molecule has 2 N–H and O–H groups in total. The molecule has 2 rings (SSSR count). The lowest BCUT2D eigenvalue weighted by Gasteiger charge is -2.08. The Morgan fingerprint density at radius 3 is 1.74 bits per heavy atom. The highest BCUT2D eigenvalue weighted by Gasteiger charge is 2.11. The van der Waals surface area contributed by atoms with Gasteiger partial charge in [-0.25, -0.2) is 4.79 Å². The minimum Gasteiger partial charge on any atom is -0.465 e. The molecule has 142 valence electrons. The molecule has 2 aromatic carbocycles. The maximum atomic E-state index is 12.1. The number of amides is 2. The zero-order valence-electron chi connectivity index (χ0n) is 15.6. The summed E-state index contributed by atoms with van der Waals surface area (Å²) in [5.41, 5.74) is 7.07. The van der Waals surface area contributed by atoms with Crippen LogP contribution in [-0.2, 0) is 11.2 Å². The number of unbranched alkanes of at least 4 members (excludes halogenated alkanes) is 2. The fourth-order valence-electron chi connectivity index (χ4n) is 2.54. The average Bonchev–Trinajstić information content (AvgIpc) is 2.72. The van der Waals surface area contributed by atoms with Crippen LogP contribution in [0.4, 0.5) is 0 Å². The van der Waals surface area contributed by atoms with Crippen LogP contribution in [-0.4, -0.2) is 24.9 Å². The topological polar surface area (TPSA) is 84.5 Å². The number of hydrogen-bond acceptors (Lipinski definition) is 4. The van der Waals surface area contributed by atoms with Gasteiger partial charge >= 0.3 is 5.97 Å². The minimum atomic E-state index is -0.478. The summed E-state index contributed by atoms with van der Waals surface area (Å²) in [6.07, 6.45) is 4.49. The molecule has 0 atom stereocenters. The van der Waals surface area contributed by atoms with Crippen LogP contribution in [0.1, 0.15) is 62.8 Å². The van der Waals surface area contributed by atoms with Crippen molar-refractivity contribution in [2.75, 3.05) is 7.11 Å². The van der Waals surface area contributed by atoms with Crippen LogP contribution in [0.3, 0.4) is 0 Å². The predicted molar refractivity (Wildman–Crippen MR) is 102 cm³/mol. The first-order chi connectivity index (χ1) is 13.0. The number of ether oxygens (including phenoxy) is 1. The Bertz CT molecular complexity index is 783. The SMILES string of the molecule is CCCCCc1ccc(C(=O)NNC(=O)c2ccc(C(=O)OC)cc2)cc1. The summed E-state index contributed by atoms with van der Waals surface area (Å²) in [6.45, 7) is 2.16. The Labute approximate surface area is 158 Å². The average molecular weight is 368 g/mol. The Kier molecular flexibility index (Phi) is 7.55. The van der Waals surface area contributed by atoms with Crippen molar-refractivity contribution in [3.63, 3.8) is 0 Å². The van der Waals surface area contributed by atoms with Gasteiger partial charge in [-0.15, -0.1) is 0 Å². The fraction of sp³-hybridized carbons (Fsp3) is 0.286. The third-order valence-electron chi connectivity index (χ3n) is 4.14. The van der Waals surface area contributed by atoms with Crippen LogP contribution in [0.5, 0.6) is 0 Å². The van der Waals surface area contributed by atoms with Crippen LogP contribution in [0.25, 0.3) is 0 Å². The molecular weight excluding hydrogens is 344 g/mol. The highest BCUT2D eigenvalue weighted by Crippen LogP contribution is 2.09. The van der Waals surface area contributed by atoms with Crippen molar-refractivity contribution < 1.29 is 19.1 Å². The van der Waals surface area contributed by atoms with Gasteiger partial charge in [-0.1, -0.05) is 31.9 Å². The Balaban J connectivity index is 1.87. The zero-order chi connectivity index (χ0) is 19.6. The first-order valence-corrected chi connectivity index (χ1v) is 8.93. The van der Waals surface area contributed by atoms with E-state index in [1.54, 1.807) is 12.1 Å². The van der Waals surface area contributed by atoms with Gasteiger partial charge in [0.2, 0.25) is 0 Å². The zero-order valence-corrected chi connectivity index (χ0v) is 15.6. The number of carbonyl (C=O) groups excluding carboxylic acids is 3. The molecule has 0 saturated carbocycles. The van der Waals surface area contributed by atoms with E-state index in [1.165, 1.54) is 49.8 Å². The summed E-state index contributed by atoms with van der Waals surface area (Å²) in [5, 5.41) is 0. The van der Waals surface area contributed by atoms with Crippen molar-refractivity contribution in [2.45, 2.75) is 32.6 Å². The highest BCUT2D eigenvalue weighted by atomic mass is 16.5. The summed E-state index contributed by atoms with van der Waals surface area (Å²) < 4.78 is 4.60. The van der Waals surface area contributed by atoms with Crippen LogP contribution >= 0.6 is 0 Å². The van der Waals surface area contributed by atoms with Gasteiger partial charge in [-0.3, -0.25) is 20.4 Å². The van der Waals surface area contributed by atoms with E-state index in [1.807, 2.05) is 12.1 Å². The summed E-state index contributed by atoms with van der Waals surface area (Å²) in [5.74, 6) is -1.35. The van der Waals surface area contributed by atoms with Crippen LogP contribution in [0.15, 0.2) is 48.5 Å². The van der Waals surface area contributed by atoms with E-state index in [0.717, 1.165) is 12.8 Å². The van der Waals surface area contributed by atoms with Crippen LogP contribution in [0, 0.1) is 0 Å². The number of esters is 1. The van der Waals surface area contributed by atoms with Crippen molar-refractivity contribution in [1.29, 1.82) is 0 Å². The number of methoxy groups -OCH3 is 1. The van der Waals surface area contributed by atoms with Gasteiger partial charge in [-0.2, -0.15) is 0 Å². The molecule has 6 heteroatoms. The number of rotatable bonds is 7. The summed E-state index contributed by atoms with van der Waals surface area (Å²) >= 11 is 0. The second-order valence-corrected chi connectivity index (χ2v) is 6.13. The van der Waals surface area contributed by atoms with Gasteiger partial charge in [0.1, 0.15) is 0 Å². The normalized spacial score (nSPS) is 10.1. The van der Waals surface area contributed by atoms with Gasteiger partial charge in [-0.05, 0) is 54.8 Å². The minimum absolute atomic E-state index is 0.314. The first kappa shape index (κ1) is 20.2. The van der Waals surface area contributed by atoms with E-state index in [2.05, 4.69) is 22.5 Å². The quantitative estimate of drug-likeness (QED) is 0.446. The third kappa shape index (κ3) is 5.95. The lowest BCUT2D eigenvalue weighted by atomic mass is 10.1. The number of nitrogens with one attached hydrogen (secondary N) is 2. The molecule has 0 aliphatic heterocycles. The van der Waals surface area contributed by atoms with Gasteiger partial charge in [0.05, 0.1) is 12.7 Å². The summed E-state index contributed by atoms with van der Waals surface area (Å²) in [7, 11) is 1.29. The second-order valence-electron chi connectivity index (χ2n) is 6.13. The standard InChI is InChI=1S/C21H24N2O4/c1-3-4-5-6-15-7-9-16(10-8-15)19(24)22-23-20(25)17-11-13-18(14-12-17)21(26)27-2/h7-14H,3-6H2,1-2H3,(H,22,24)(H,23,25). The molecule has 0 aliphatic rings. The molecule has 0 unspecified atom stereocenters. The number of carbonyl (C=O) groups is 3. The number of hydrazine groups is 1.